The number of terminal acetylenes is 1. The maximum atomic E-state index is 16.7. The molecule has 0 spiro atoms. The molecule has 5 heterocycles. The van der Waals surface area contributed by atoms with E-state index in [-0.39, 0.29) is 46.1 Å². The summed E-state index contributed by atoms with van der Waals surface area (Å²) in [6, 6.07) is 5.40. The van der Waals surface area contributed by atoms with Crippen molar-refractivity contribution in [3.05, 3.63) is 47.7 Å². The van der Waals surface area contributed by atoms with Gasteiger partial charge in [0.25, 0.3) is 0 Å². The second-order valence-corrected chi connectivity index (χ2v) is 12.3. The van der Waals surface area contributed by atoms with Crippen LogP contribution < -0.4 is 9.64 Å². The van der Waals surface area contributed by atoms with Crippen molar-refractivity contribution in [2.75, 3.05) is 50.9 Å². The zero-order valence-electron chi connectivity index (χ0n) is 24.4. The van der Waals surface area contributed by atoms with E-state index in [1.54, 1.807) is 6.92 Å². The second kappa shape index (κ2) is 10.8. The van der Waals surface area contributed by atoms with Crippen LogP contribution in [0, 0.1) is 24.0 Å². The Balaban J connectivity index is 1.37. The van der Waals surface area contributed by atoms with Gasteiger partial charge in [0, 0.05) is 49.8 Å². The molecule has 3 aliphatic heterocycles. The summed E-state index contributed by atoms with van der Waals surface area (Å²) in [5.41, 5.74) is -1.92. The predicted octanol–water partition coefficient (Wildman–Crippen LogP) is 5.38. The summed E-state index contributed by atoms with van der Waals surface area (Å²) in [6.07, 6.45) is 9.95. The molecule has 0 bridgehead atoms. The van der Waals surface area contributed by atoms with Crippen molar-refractivity contribution in [1.82, 2.24) is 19.9 Å². The standard InChI is InChI=1S/C33H32F3N5O3/c1-3-22-25(34)7-6-20-14-21(42)15-23(26(20)22)28-27(35)29-24(16-37-28)30(40-9-5-12-43-13-11-40)39-31(38-29)44-19-33-8-4-10-41(33)18-32(2,36)17-33/h1,6-7,14-16,42H,4-5,8-13,17-19H2,2H3/t32-,33?/m0/s1. The number of halogens is 3. The molecular weight excluding hydrogens is 571 g/mol. The number of hydrogen-bond acceptors (Lipinski definition) is 8. The summed E-state index contributed by atoms with van der Waals surface area (Å²) in [4.78, 5) is 17.8. The SMILES string of the molecule is C#Cc1c(F)ccc2cc(O)cc(-c3ncc4c(N5CCCOCC5)nc(OCC56CCCN5C[C@@](C)(F)C6)nc4c3F)c12. The lowest BCUT2D eigenvalue weighted by atomic mass is 9.90. The minimum atomic E-state index is -1.32. The Kier molecular flexibility index (Phi) is 7.02. The molecule has 0 radical (unpaired) electrons. The topological polar surface area (TPSA) is 83.8 Å². The van der Waals surface area contributed by atoms with Crippen molar-refractivity contribution in [1.29, 1.82) is 0 Å². The number of benzene rings is 2. The van der Waals surface area contributed by atoms with Gasteiger partial charge >= 0.3 is 6.01 Å². The third-order valence-corrected chi connectivity index (χ3v) is 9.05. The lowest BCUT2D eigenvalue weighted by molar-refractivity contribution is 0.107. The van der Waals surface area contributed by atoms with Gasteiger partial charge in [-0.2, -0.15) is 9.97 Å². The van der Waals surface area contributed by atoms with Crippen LogP contribution in [0.5, 0.6) is 11.8 Å². The molecule has 1 N–H and O–H groups in total. The Morgan fingerprint density at radius 1 is 1.14 bits per heavy atom. The first-order valence-electron chi connectivity index (χ1n) is 14.9. The molecule has 1 unspecified atom stereocenters. The molecule has 8 nitrogen and oxygen atoms in total. The monoisotopic (exact) mass is 603 g/mol. The molecule has 4 aromatic rings. The number of aromatic nitrogens is 3. The third-order valence-electron chi connectivity index (χ3n) is 9.05. The molecule has 0 saturated carbocycles. The summed E-state index contributed by atoms with van der Waals surface area (Å²) in [6.45, 7) is 5.13. The van der Waals surface area contributed by atoms with Crippen LogP contribution in [0.2, 0.25) is 0 Å². The van der Waals surface area contributed by atoms with E-state index in [1.165, 1.54) is 30.5 Å². The Morgan fingerprint density at radius 3 is 2.84 bits per heavy atom. The number of fused-ring (bicyclic) bond motifs is 3. The summed E-state index contributed by atoms with van der Waals surface area (Å²) in [7, 11) is 0. The van der Waals surface area contributed by atoms with Gasteiger partial charge in [-0.15, -0.1) is 6.42 Å². The molecule has 2 aromatic heterocycles. The van der Waals surface area contributed by atoms with Crippen LogP contribution in [0.15, 0.2) is 30.5 Å². The van der Waals surface area contributed by atoms with E-state index in [2.05, 4.69) is 20.8 Å². The minimum Gasteiger partial charge on any atom is -0.508 e. The van der Waals surface area contributed by atoms with E-state index in [1.807, 2.05) is 4.90 Å². The number of hydrogen-bond donors (Lipinski definition) is 1. The number of aromatic hydroxyl groups is 1. The van der Waals surface area contributed by atoms with E-state index < -0.39 is 22.8 Å². The number of anilines is 1. The number of phenolic OH excluding ortho intramolecular Hbond substituents is 1. The van der Waals surface area contributed by atoms with Gasteiger partial charge < -0.3 is 19.5 Å². The predicted molar refractivity (Wildman–Crippen MR) is 161 cm³/mol. The fraction of sp³-hybridized carbons (Fsp3) is 0.424. The quantitative estimate of drug-likeness (QED) is 0.305. The van der Waals surface area contributed by atoms with Crippen molar-refractivity contribution >= 4 is 27.5 Å². The number of alkyl halides is 1. The van der Waals surface area contributed by atoms with E-state index in [9.17, 15) is 9.50 Å². The highest BCUT2D eigenvalue weighted by molar-refractivity contribution is 6.03. The van der Waals surface area contributed by atoms with Crippen LogP contribution >= 0.6 is 0 Å². The number of rotatable bonds is 5. The van der Waals surface area contributed by atoms with Gasteiger partial charge in [0.05, 0.1) is 23.1 Å². The van der Waals surface area contributed by atoms with Gasteiger partial charge in [-0.25, -0.2) is 13.2 Å². The van der Waals surface area contributed by atoms with E-state index >= 15 is 8.78 Å². The number of pyridine rings is 1. The molecule has 3 fully saturated rings. The first-order chi connectivity index (χ1) is 21.2. The van der Waals surface area contributed by atoms with Crippen LogP contribution in [-0.4, -0.2) is 82.2 Å². The van der Waals surface area contributed by atoms with Crippen LogP contribution in [0.1, 0.15) is 38.2 Å². The molecule has 0 aliphatic carbocycles. The zero-order chi connectivity index (χ0) is 30.6. The summed E-state index contributed by atoms with van der Waals surface area (Å²) >= 11 is 0. The van der Waals surface area contributed by atoms with Gasteiger partial charge in [-0.1, -0.05) is 12.0 Å². The largest absolute Gasteiger partial charge is 0.508 e. The van der Waals surface area contributed by atoms with Crippen LogP contribution in [0.25, 0.3) is 32.9 Å². The molecule has 228 valence electrons. The second-order valence-electron chi connectivity index (χ2n) is 12.3. The van der Waals surface area contributed by atoms with Crippen LogP contribution in [0.3, 0.4) is 0 Å². The molecular formula is C33H32F3N5O3. The average Bonchev–Trinajstić information content (AvgIpc) is 3.32. The highest BCUT2D eigenvalue weighted by atomic mass is 19.1. The molecule has 3 aliphatic rings. The van der Waals surface area contributed by atoms with E-state index in [0.717, 1.165) is 25.8 Å². The number of nitrogens with zero attached hydrogens (tertiary/aromatic N) is 5. The fourth-order valence-corrected chi connectivity index (χ4v) is 7.22. The zero-order valence-corrected chi connectivity index (χ0v) is 24.4. The Morgan fingerprint density at radius 2 is 2.00 bits per heavy atom. The molecule has 3 saturated heterocycles. The molecule has 11 heteroatoms. The summed E-state index contributed by atoms with van der Waals surface area (Å²) < 4.78 is 58.4. The van der Waals surface area contributed by atoms with E-state index in [4.69, 9.17) is 20.9 Å². The average molecular weight is 604 g/mol. The lowest BCUT2D eigenvalue weighted by Crippen LogP contribution is -2.43. The third kappa shape index (κ3) is 4.86. The van der Waals surface area contributed by atoms with Gasteiger partial charge in [0.1, 0.15) is 40.9 Å². The maximum Gasteiger partial charge on any atom is 0.319 e. The Bertz CT molecular complexity index is 1820. The summed E-state index contributed by atoms with van der Waals surface area (Å²) in [5.74, 6) is 1.21. The minimum absolute atomic E-state index is 0.0291. The first-order valence-corrected chi connectivity index (χ1v) is 14.9. The lowest BCUT2D eigenvalue weighted by Gasteiger charge is -2.31. The molecule has 0 amide bonds. The normalized spacial score (nSPS) is 24.0. The molecule has 2 aromatic carbocycles. The molecule has 2 atom stereocenters. The smallest absolute Gasteiger partial charge is 0.319 e. The van der Waals surface area contributed by atoms with Crippen molar-refractivity contribution in [3.8, 4) is 35.4 Å². The number of phenols is 1. The summed E-state index contributed by atoms with van der Waals surface area (Å²) in [5, 5.41) is 11.5. The van der Waals surface area contributed by atoms with Crippen LogP contribution in [-0.2, 0) is 4.74 Å². The van der Waals surface area contributed by atoms with E-state index in [0.29, 0.717) is 55.9 Å². The van der Waals surface area contributed by atoms with Crippen molar-refractivity contribution in [2.45, 2.75) is 43.8 Å². The fourth-order valence-electron chi connectivity index (χ4n) is 7.22. The highest BCUT2D eigenvalue weighted by Gasteiger charge is 2.54. The van der Waals surface area contributed by atoms with Gasteiger partial charge in [-0.05, 0) is 56.3 Å². The molecule has 44 heavy (non-hydrogen) atoms. The van der Waals surface area contributed by atoms with Crippen molar-refractivity contribution in [2.24, 2.45) is 0 Å². The molecule has 7 rings (SSSR count). The Hall–Kier alpha value is -4.14. The van der Waals surface area contributed by atoms with Crippen LogP contribution in [0.4, 0.5) is 19.0 Å². The maximum absolute atomic E-state index is 16.7. The number of ether oxygens (including phenoxy) is 2. The van der Waals surface area contributed by atoms with Crippen molar-refractivity contribution < 1.29 is 27.8 Å². The highest BCUT2D eigenvalue weighted by Crippen LogP contribution is 2.45. The first kappa shape index (κ1) is 28.6. The Labute approximate surface area is 252 Å². The van der Waals surface area contributed by atoms with Gasteiger partial charge in [0.2, 0.25) is 0 Å². The van der Waals surface area contributed by atoms with Gasteiger partial charge in [0.15, 0.2) is 5.82 Å². The van der Waals surface area contributed by atoms with Crippen molar-refractivity contribution in [3.63, 3.8) is 0 Å². The van der Waals surface area contributed by atoms with Gasteiger partial charge in [-0.3, -0.25) is 9.88 Å².